The van der Waals surface area contributed by atoms with Crippen LogP contribution < -0.4 is 4.90 Å². The molecule has 1 aromatic carbocycles. The van der Waals surface area contributed by atoms with Gasteiger partial charge in [-0.15, -0.1) is 6.58 Å². The third kappa shape index (κ3) is 2.49. The van der Waals surface area contributed by atoms with E-state index in [1.54, 1.807) is 25.3 Å². The van der Waals surface area contributed by atoms with E-state index in [0.29, 0.717) is 30.8 Å². The molecule has 152 valence electrons. The number of hydrogen-bond donors (Lipinski definition) is 1. The molecule has 1 saturated heterocycles. The Morgan fingerprint density at radius 3 is 2.97 bits per heavy atom. The largest absolute Gasteiger partial charge is 0.507 e. The first-order chi connectivity index (χ1) is 14.6. The van der Waals surface area contributed by atoms with Gasteiger partial charge in [-0.3, -0.25) is 4.79 Å². The Kier molecular flexibility index (Phi) is 4.17. The zero-order valence-corrected chi connectivity index (χ0v) is 17.0. The predicted octanol–water partition coefficient (Wildman–Crippen LogP) is 3.63. The summed E-state index contributed by atoms with van der Waals surface area (Å²) in [5.41, 5.74) is 2.85. The Labute approximate surface area is 175 Å². The van der Waals surface area contributed by atoms with E-state index in [2.05, 4.69) is 33.2 Å². The number of likely N-dealkylation sites (tertiary alicyclic amines) is 1. The van der Waals surface area contributed by atoms with E-state index in [9.17, 15) is 9.90 Å². The number of pyridine rings is 1. The number of benzene rings is 1. The zero-order valence-electron chi connectivity index (χ0n) is 17.0. The van der Waals surface area contributed by atoms with E-state index in [1.807, 2.05) is 35.4 Å². The van der Waals surface area contributed by atoms with Crippen LogP contribution in [0.5, 0.6) is 5.75 Å². The van der Waals surface area contributed by atoms with Crippen LogP contribution in [0.4, 0.5) is 5.69 Å². The molecule has 0 bridgehead atoms. The number of amides is 1. The number of hydrogen-bond acceptors (Lipinski definition) is 4. The van der Waals surface area contributed by atoms with Gasteiger partial charge in [-0.25, -0.2) is 4.98 Å². The molecule has 4 heterocycles. The van der Waals surface area contributed by atoms with Crippen molar-refractivity contribution in [1.29, 1.82) is 0 Å². The molecule has 5 rings (SSSR count). The second-order valence-corrected chi connectivity index (χ2v) is 7.99. The van der Waals surface area contributed by atoms with Crippen LogP contribution in [0.25, 0.3) is 5.82 Å². The van der Waals surface area contributed by atoms with Crippen LogP contribution in [0.2, 0.25) is 0 Å². The van der Waals surface area contributed by atoms with Gasteiger partial charge >= 0.3 is 0 Å². The van der Waals surface area contributed by atoms with E-state index in [-0.39, 0.29) is 17.2 Å². The fourth-order valence-electron chi connectivity index (χ4n) is 4.90. The lowest BCUT2D eigenvalue weighted by atomic mass is 9.89. The Morgan fingerprint density at radius 1 is 1.27 bits per heavy atom. The highest BCUT2D eigenvalue weighted by molar-refractivity contribution is 5.97. The molecule has 1 fully saturated rings. The molecular formula is C24H24N4O2. The Balaban J connectivity index is 1.58. The summed E-state index contributed by atoms with van der Waals surface area (Å²) in [4.78, 5) is 22.1. The number of phenols is 1. The SMILES string of the molecule is C=CCN1c2cccnc2-n2cccc2[C@]12CCN(C(=O)c1cccc(C)c1O)C2. The van der Waals surface area contributed by atoms with Gasteiger partial charge in [-0.1, -0.05) is 18.2 Å². The lowest BCUT2D eigenvalue weighted by molar-refractivity contribution is 0.0779. The number of rotatable bonds is 3. The van der Waals surface area contributed by atoms with Crippen molar-refractivity contribution in [3.05, 3.63) is 84.3 Å². The highest BCUT2D eigenvalue weighted by Crippen LogP contribution is 2.47. The Bertz CT molecular complexity index is 1150. The minimum Gasteiger partial charge on any atom is -0.507 e. The molecule has 0 saturated carbocycles. The van der Waals surface area contributed by atoms with Crippen molar-refractivity contribution in [3.63, 3.8) is 0 Å². The first-order valence-electron chi connectivity index (χ1n) is 10.2. The first kappa shape index (κ1) is 18.5. The van der Waals surface area contributed by atoms with Gasteiger partial charge in [0.25, 0.3) is 5.91 Å². The van der Waals surface area contributed by atoms with Gasteiger partial charge in [0, 0.05) is 32.0 Å². The number of phenolic OH excluding ortho intramolecular Hbond substituents is 1. The molecule has 0 aliphatic carbocycles. The van der Waals surface area contributed by atoms with Crippen molar-refractivity contribution < 1.29 is 9.90 Å². The standard InChI is InChI=1S/C24H24N4O2/c1-3-13-28-19-9-5-12-25-22(19)27-14-6-10-20(27)24(28)11-15-26(16-24)23(30)18-8-4-7-17(2)21(18)29/h3-10,12,14,29H,1,11,13,15-16H2,2H3/t24-/m1/s1. The van der Waals surface area contributed by atoms with E-state index in [1.165, 1.54) is 0 Å². The molecule has 0 radical (unpaired) electrons. The molecule has 1 amide bonds. The van der Waals surface area contributed by atoms with Crippen molar-refractivity contribution in [2.24, 2.45) is 0 Å². The number of anilines is 1. The van der Waals surface area contributed by atoms with E-state index in [4.69, 9.17) is 0 Å². The summed E-state index contributed by atoms with van der Waals surface area (Å²) >= 11 is 0. The summed E-state index contributed by atoms with van der Waals surface area (Å²) in [6.45, 7) is 7.57. The van der Waals surface area contributed by atoms with Gasteiger partial charge in [-0.2, -0.15) is 0 Å². The summed E-state index contributed by atoms with van der Waals surface area (Å²) in [6.07, 6.45) is 6.52. The normalized spacial score (nSPS) is 19.6. The van der Waals surface area contributed by atoms with Crippen molar-refractivity contribution in [2.45, 2.75) is 18.9 Å². The molecule has 3 aromatic rings. The number of nitrogens with zero attached hydrogens (tertiary/aromatic N) is 4. The summed E-state index contributed by atoms with van der Waals surface area (Å²) in [6, 6.07) is 13.5. The second-order valence-electron chi connectivity index (χ2n) is 7.99. The van der Waals surface area contributed by atoms with Gasteiger partial charge < -0.3 is 19.5 Å². The predicted molar refractivity (Wildman–Crippen MR) is 116 cm³/mol. The number of aromatic hydroxyl groups is 1. The molecule has 6 nitrogen and oxygen atoms in total. The lowest BCUT2D eigenvalue weighted by Crippen LogP contribution is -2.52. The van der Waals surface area contributed by atoms with Crippen LogP contribution in [0.1, 0.15) is 28.0 Å². The average Bonchev–Trinajstić information content (AvgIpc) is 3.42. The fraction of sp³-hybridized carbons (Fsp3) is 0.250. The van der Waals surface area contributed by atoms with Crippen LogP contribution in [-0.2, 0) is 5.54 Å². The number of aromatic nitrogens is 2. The van der Waals surface area contributed by atoms with E-state index in [0.717, 1.165) is 23.6 Å². The molecule has 0 unspecified atom stereocenters. The minimum atomic E-state index is -0.372. The molecule has 2 aliphatic rings. The third-order valence-corrected chi connectivity index (χ3v) is 6.34. The summed E-state index contributed by atoms with van der Waals surface area (Å²) in [7, 11) is 0. The maximum Gasteiger partial charge on any atom is 0.257 e. The lowest BCUT2D eigenvalue weighted by Gasteiger charge is -2.46. The molecular weight excluding hydrogens is 376 g/mol. The van der Waals surface area contributed by atoms with Crippen LogP contribution >= 0.6 is 0 Å². The van der Waals surface area contributed by atoms with Crippen LogP contribution in [0.15, 0.2) is 67.5 Å². The molecule has 2 aromatic heterocycles. The smallest absolute Gasteiger partial charge is 0.257 e. The number of para-hydroxylation sites is 1. The summed E-state index contributed by atoms with van der Waals surface area (Å²) in [5.74, 6) is 0.820. The van der Waals surface area contributed by atoms with Crippen LogP contribution in [0.3, 0.4) is 0 Å². The topological polar surface area (TPSA) is 61.6 Å². The zero-order chi connectivity index (χ0) is 20.9. The van der Waals surface area contributed by atoms with Crippen molar-refractivity contribution in [3.8, 4) is 11.6 Å². The minimum absolute atomic E-state index is 0.0629. The van der Waals surface area contributed by atoms with E-state index >= 15 is 0 Å². The van der Waals surface area contributed by atoms with Crippen molar-refractivity contribution >= 4 is 11.6 Å². The van der Waals surface area contributed by atoms with Gasteiger partial charge in [0.1, 0.15) is 11.3 Å². The van der Waals surface area contributed by atoms with Gasteiger partial charge in [0.05, 0.1) is 16.9 Å². The molecule has 6 heteroatoms. The summed E-state index contributed by atoms with van der Waals surface area (Å²) < 4.78 is 2.13. The number of carbonyl (C=O) groups excluding carboxylic acids is 1. The number of carbonyl (C=O) groups is 1. The highest BCUT2D eigenvalue weighted by Gasteiger charge is 2.50. The van der Waals surface area contributed by atoms with Gasteiger partial charge in [0.15, 0.2) is 5.82 Å². The summed E-state index contributed by atoms with van der Waals surface area (Å²) in [5, 5.41) is 10.4. The van der Waals surface area contributed by atoms with Gasteiger partial charge in [0.2, 0.25) is 0 Å². The van der Waals surface area contributed by atoms with Crippen molar-refractivity contribution in [2.75, 3.05) is 24.5 Å². The molecule has 1 spiro atoms. The van der Waals surface area contributed by atoms with Gasteiger partial charge in [-0.05, 0) is 49.2 Å². The highest BCUT2D eigenvalue weighted by atomic mass is 16.3. The Morgan fingerprint density at radius 2 is 2.13 bits per heavy atom. The maximum absolute atomic E-state index is 13.3. The Hall–Kier alpha value is -3.54. The maximum atomic E-state index is 13.3. The number of aryl methyl sites for hydroxylation is 1. The molecule has 1 N–H and O–H groups in total. The van der Waals surface area contributed by atoms with E-state index < -0.39 is 0 Å². The monoisotopic (exact) mass is 400 g/mol. The molecule has 1 atom stereocenters. The molecule has 30 heavy (non-hydrogen) atoms. The average molecular weight is 400 g/mol. The van der Waals surface area contributed by atoms with Crippen LogP contribution in [-0.4, -0.2) is 45.1 Å². The fourth-order valence-corrected chi connectivity index (χ4v) is 4.90. The third-order valence-electron chi connectivity index (χ3n) is 6.34. The molecule has 2 aliphatic heterocycles. The quantitative estimate of drug-likeness (QED) is 0.682. The first-order valence-corrected chi connectivity index (χ1v) is 10.2. The second kappa shape index (κ2) is 6.76. The van der Waals surface area contributed by atoms with Crippen LogP contribution in [0, 0.1) is 6.92 Å². The number of fused-ring (bicyclic) bond motifs is 4. The van der Waals surface area contributed by atoms with Crippen molar-refractivity contribution in [1.82, 2.24) is 14.5 Å².